The zero-order valence-electron chi connectivity index (χ0n) is 16.2. The molecule has 30 heavy (non-hydrogen) atoms. The predicted molar refractivity (Wildman–Crippen MR) is 116 cm³/mol. The SMILES string of the molecule is O=C(Nc1ccc(NC(=O)C2CCN(c3ccc(Cl)cn3)CC2)cc1)c1ccco1. The van der Waals surface area contributed by atoms with Gasteiger partial charge in [-0.25, -0.2) is 4.98 Å². The van der Waals surface area contributed by atoms with Gasteiger partial charge in [-0.05, 0) is 61.4 Å². The van der Waals surface area contributed by atoms with E-state index >= 15 is 0 Å². The average molecular weight is 425 g/mol. The Morgan fingerprint density at radius 2 is 1.70 bits per heavy atom. The number of nitrogens with one attached hydrogen (secondary N) is 2. The lowest BCUT2D eigenvalue weighted by Gasteiger charge is -2.32. The van der Waals surface area contributed by atoms with Gasteiger partial charge >= 0.3 is 0 Å². The molecule has 1 aliphatic rings. The number of carbonyl (C=O) groups excluding carboxylic acids is 2. The highest BCUT2D eigenvalue weighted by Crippen LogP contribution is 2.24. The quantitative estimate of drug-likeness (QED) is 0.632. The summed E-state index contributed by atoms with van der Waals surface area (Å²) in [6, 6.07) is 14.0. The first-order valence-corrected chi connectivity index (χ1v) is 10.1. The van der Waals surface area contributed by atoms with E-state index in [1.165, 1.54) is 6.26 Å². The molecule has 2 amide bonds. The maximum Gasteiger partial charge on any atom is 0.291 e. The zero-order chi connectivity index (χ0) is 20.9. The second kappa shape index (κ2) is 9.00. The molecule has 2 N–H and O–H groups in total. The number of hydrogen-bond acceptors (Lipinski definition) is 5. The van der Waals surface area contributed by atoms with Crippen molar-refractivity contribution in [1.29, 1.82) is 0 Å². The number of benzene rings is 1. The van der Waals surface area contributed by atoms with Crippen LogP contribution in [0.4, 0.5) is 17.2 Å². The number of aromatic nitrogens is 1. The molecule has 0 aliphatic carbocycles. The van der Waals surface area contributed by atoms with Gasteiger partial charge in [0.2, 0.25) is 5.91 Å². The Morgan fingerprint density at radius 1 is 1.00 bits per heavy atom. The highest BCUT2D eigenvalue weighted by Gasteiger charge is 2.25. The molecular weight excluding hydrogens is 404 g/mol. The summed E-state index contributed by atoms with van der Waals surface area (Å²) < 4.78 is 5.07. The fourth-order valence-corrected chi connectivity index (χ4v) is 3.52. The zero-order valence-corrected chi connectivity index (χ0v) is 16.9. The monoisotopic (exact) mass is 424 g/mol. The molecule has 0 saturated carbocycles. The minimum Gasteiger partial charge on any atom is -0.459 e. The van der Waals surface area contributed by atoms with Crippen molar-refractivity contribution in [3.05, 3.63) is 71.8 Å². The number of amides is 2. The molecule has 3 aromatic rings. The maximum atomic E-state index is 12.6. The first-order valence-electron chi connectivity index (χ1n) is 9.71. The molecule has 2 aromatic heterocycles. The van der Waals surface area contributed by atoms with E-state index in [-0.39, 0.29) is 23.5 Å². The topological polar surface area (TPSA) is 87.5 Å². The number of furan rings is 1. The molecule has 4 rings (SSSR count). The Labute approximate surface area is 179 Å². The normalized spacial score (nSPS) is 14.4. The highest BCUT2D eigenvalue weighted by atomic mass is 35.5. The first kappa shape index (κ1) is 20.0. The Morgan fingerprint density at radius 3 is 2.30 bits per heavy atom. The van der Waals surface area contributed by atoms with Gasteiger partial charge in [0.25, 0.3) is 5.91 Å². The summed E-state index contributed by atoms with van der Waals surface area (Å²) >= 11 is 5.89. The van der Waals surface area contributed by atoms with Crippen molar-refractivity contribution < 1.29 is 14.0 Å². The van der Waals surface area contributed by atoms with Crippen molar-refractivity contribution in [2.24, 2.45) is 5.92 Å². The second-order valence-electron chi connectivity index (χ2n) is 7.09. The number of rotatable bonds is 5. The summed E-state index contributed by atoms with van der Waals surface area (Å²) in [4.78, 5) is 31.1. The highest BCUT2D eigenvalue weighted by molar-refractivity contribution is 6.30. The van der Waals surface area contributed by atoms with Gasteiger partial charge in [-0.2, -0.15) is 0 Å². The van der Waals surface area contributed by atoms with E-state index in [4.69, 9.17) is 16.0 Å². The molecule has 0 bridgehead atoms. The van der Waals surface area contributed by atoms with Gasteiger partial charge in [0.1, 0.15) is 5.82 Å². The molecule has 0 spiro atoms. The predicted octanol–water partition coefficient (Wildman–Crippen LogP) is 4.44. The minimum atomic E-state index is -0.321. The second-order valence-corrected chi connectivity index (χ2v) is 7.53. The van der Waals surface area contributed by atoms with Gasteiger partial charge in [0, 0.05) is 36.6 Å². The lowest BCUT2D eigenvalue weighted by atomic mass is 9.95. The molecule has 0 radical (unpaired) electrons. The molecule has 1 saturated heterocycles. The van der Waals surface area contributed by atoms with Gasteiger partial charge in [-0.15, -0.1) is 0 Å². The average Bonchev–Trinajstić information content (AvgIpc) is 3.31. The van der Waals surface area contributed by atoms with Crippen molar-refractivity contribution in [1.82, 2.24) is 4.98 Å². The lowest BCUT2D eigenvalue weighted by Crippen LogP contribution is -2.38. The molecule has 1 fully saturated rings. The molecule has 1 aliphatic heterocycles. The summed E-state index contributed by atoms with van der Waals surface area (Å²) in [6.45, 7) is 1.54. The lowest BCUT2D eigenvalue weighted by molar-refractivity contribution is -0.120. The van der Waals surface area contributed by atoms with E-state index in [0.29, 0.717) is 16.4 Å². The van der Waals surface area contributed by atoms with Crippen LogP contribution in [-0.4, -0.2) is 29.9 Å². The van der Waals surface area contributed by atoms with E-state index in [9.17, 15) is 9.59 Å². The molecule has 7 nitrogen and oxygen atoms in total. The van der Waals surface area contributed by atoms with Crippen LogP contribution in [0.15, 0.2) is 65.4 Å². The van der Waals surface area contributed by atoms with Crippen LogP contribution in [0.5, 0.6) is 0 Å². The van der Waals surface area contributed by atoms with Crippen LogP contribution in [0, 0.1) is 5.92 Å². The summed E-state index contributed by atoms with van der Waals surface area (Å²) in [5.41, 5.74) is 1.32. The summed E-state index contributed by atoms with van der Waals surface area (Å²) in [6.07, 6.45) is 4.60. The molecule has 154 valence electrons. The Kier molecular flexibility index (Phi) is 5.99. The van der Waals surface area contributed by atoms with Gasteiger partial charge in [0.15, 0.2) is 5.76 Å². The number of anilines is 3. The third-order valence-corrected chi connectivity index (χ3v) is 5.28. The largest absolute Gasteiger partial charge is 0.459 e. The van der Waals surface area contributed by atoms with Crippen LogP contribution in [0.1, 0.15) is 23.4 Å². The molecule has 3 heterocycles. The van der Waals surface area contributed by atoms with Crippen LogP contribution in [0.2, 0.25) is 5.02 Å². The van der Waals surface area contributed by atoms with E-state index in [1.54, 1.807) is 42.6 Å². The van der Waals surface area contributed by atoms with Crippen LogP contribution in [-0.2, 0) is 4.79 Å². The number of pyridine rings is 1. The Balaban J connectivity index is 1.28. The molecular formula is C22H21ClN4O3. The van der Waals surface area contributed by atoms with Gasteiger partial charge in [-0.3, -0.25) is 9.59 Å². The van der Waals surface area contributed by atoms with Crippen LogP contribution >= 0.6 is 11.6 Å². The number of carbonyl (C=O) groups is 2. The van der Waals surface area contributed by atoms with Gasteiger partial charge in [-0.1, -0.05) is 11.6 Å². The van der Waals surface area contributed by atoms with Crippen molar-refractivity contribution in [2.45, 2.75) is 12.8 Å². The summed E-state index contributed by atoms with van der Waals surface area (Å²) in [7, 11) is 0. The summed E-state index contributed by atoms with van der Waals surface area (Å²) in [5, 5.41) is 6.32. The fraction of sp³-hybridized carbons (Fsp3) is 0.227. The van der Waals surface area contributed by atoms with E-state index in [1.807, 2.05) is 12.1 Å². The smallest absolute Gasteiger partial charge is 0.291 e. The van der Waals surface area contributed by atoms with Crippen molar-refractivity contribution in [3.8, 4) is 0 Å². The number of piperidine rings is 1. The van der Waals surface area contributed by atoms with E-state index < -0.39 is 0 Å². The van der Waals surface area contributed by atoms with Gasteiger partial charge in [0.05, 0.1) is 11.3 Å². The van der Waals surface area contributed by atoms with E-state index in [2.05, 4.69) is 20.5 Å². The van der Waals surface area contributed by atoms with Crippen LogP contribution in [0.25, 0.3) is 0 Å². The van der Waals surface area contributed by atoms with Crippen LogP contribution < -0.4 is 15.5 Å². The van der Waals surface area contributed by atoms with Crippen molar-refractivity contribution in [3.63, 3.8) is 0 Å². The van der Waals surface area contributed by atoms with Crippen LogP contribution in [0.3, 0.4) is 0 Å². The standard InChI is InChI=1S/C22H21ClN4O3/c23-16-3-8-20(24-14-16)27-11-9-15(10-12-27)21(28)25-17-4-6-18(7-5-17)26-22(29)19-2-1-13-30-19/h1-8,13-15H,9-12H2,(H,25,28)(H,26,29). The number of halogens is 1. The third-order valence-electron chi connectivity index (χ3n) is 5.06. The molecule has 8 heteroatoms. The Bertz CT molecular complexity index is 996. The summed E-state index contributed by atoms with van der Waals surface area (Å²) in [5.74, 6) is 0.759. The number of hydrogen-bond donors (Lipinski definition) is 2. The molecule has 0 atom stereocenters. The fourth-order valence-electron chi connectivity index (χ4n) is 3.41. The Hall–Kier alpha value is -3.32. The first-order chi connectivity index (χ1) is 14.6. The minimum absolute atomic E-state index is 0.00564. The van der Waals surface area contributed by atoms with Crippen molar-refractivity contribution >= 4 is 40.6 Å². The third kappa shape index (κ3) is 4.80. The number of nitrogens with zero attached hydrogens (tertiary/aromatic N) is 2. The van der Waals surface area contributed by atoms with Crippen molar-refractivity contribution in [2.75, 3.05) is 28.6 Å². The maximum absolute atomic E-state index is 12.6. The van der Waals surface area contributed by atoms with Gasteiger partial charge < -0.3 is 20.0 Å². The van der Waals surface area contributed by atoms with E-state index in [0.717, 1.165) is 31.7 Å². The molecule has 1 aromatic carbocycles. The molecule has 0 unspecified atom stereocenters.